The van der Waals surface area contributed by atoms with Crippen molar-refractivity contribution in [2.45, 2.75) is 12.6 Å². The van der Waals surface area contributed by atoms with E-state index in [0.717, 1.165) is 55.0 Å². The molecule has 1 saturated heterocycles. The summed E-state index contributed by atoms with van der Waals surface area (Å²) < 4.78 is 11.8. The van der Waals surface area contributed by atoms with Crippen LogP contribution in [0.5, 0.6) is 11.5 Å². The fourth-order valence-electron chi connectivity index (χ4n) is 3.64. The first-order valence-corrected chi connectivity index (χ1v) is 10.4. The summed E-state index contributed by atoms with van der Waals surface area (Å²) in [6.07, 6.45) is 1.79. The molecule has 9 heteroatoms. The number of piperazine rings is 1. The summed E-state index contributed by atoms with van der Waals surface area (Å²) in [5.74, 6) is 3.36. The number of guanidine groups is 1. The summed E-state index contributed by atoms with van der Waals surface area (Å²) in [5, 5.41) is 6.74. The van der Waals surface area contributed by atoms with E-state index in [1.807, 2.05) is 36.5 Å². The molecule has 0 aliphatic carbocycles. The zero-order valence-electron chi connectivity index (χ0n) is 18.1. The first-order chi connectivity index (χ1) is 14.7. The van der Waals surface area contributed by atoms with Crippen LogP contribution in [0.25, 0.3) is 0 Å². The van der Waals surface area contributed by atoms with Crippen molar-refractivity contribution in [3.8, 4) is 11.5 Å². The maximum atomic E-state index is 6.01. The molecule has 2 aliphatic rings. The van der Waals surface area contributed by atoms with Crippen molar-refractivity contribution in [3.63, 3.8) is 0 Å². The third-order valence-corrected chi connectivity index (χ3v) is 5.40. The quantitative estimate of drug-likeness (QED) is 0.343. The normalized spacial score (nSPS) is 18.8. The van der Waals surface area contributed by atoms with Gasteiger partial charge in [-0.05, 0) is 25.2 Å². The fourth-order valence-corrected chi connectivity index (χ4v) is 3.64. The molecule has 31 heavy (non-hydrogen) atoms. The van der Waals surface area contributed by atoms with Gasteiger partial charge in [0.1, 0.15) is 18.5 Å². The molecule has 4 rings (SSSR count). The van der Waals surface area contributed by atoms with Crippen LogP contribution in [0, 0.1) is 0 Å². The molecule has 0 radical (unpaired) electrons. The third-order valence-electron chi connectivity index (χ3n) is 5.40. The van der Waals surface area contributed by atoms with Gasteiger partial charge in [-0.3, -0.25) is 4.99 Å². The van der Waals surface area contributed by atoms with Crippen LogP contribution in [-0.4, -0.2) is 75.4 Å². The maximum absolute atomic E-state index is 6.01. The second kappa shape index (κ2) is 11.4. The number of likely N-dealkylation sites (N-methyl/N-ethyl adjacent to an activating group) is 1. The SMILES string of the molecule is CN=C(NCc1cccnc1N1CCN(C)CC1)NCC1COc2ccccc2O1.I. The standard InChI is InChI=1S/C22H30N6O2.HI/c1-23-22(26-15-18-16-29-19-7-3-4-8-20(19)30-18)25-14-17-6-5-9-24-21(17)28-12-10-27(2)11-13-28;/h3-9,18H,10-16H2,1-2H3,(H2,23,25,26);1H. The van der Waals surface area contributed by atoms with Crippen molar-refractivity contribution in [1.82, 2.24) is 20.5 Å². The second-order valence-electron chi connectivity index (χ2n) is 7.58. The van der Waals surface area contributed by atoms with E-state index in [2.05, 4.69) is 43.5 Å². The number of halogens is 1. The highest BCUT2D eigenvalue weighted by molar-refractivity contribution is 14.0. The van der Waals surface area contributed by atoms with E-state index in [1.165, 1.54) is 0 Å². The number of pyridine rings is 1. The van der Waals surface area contributed by atoms with Gasteiger partial charge in [0, 0.05) is 51.5 Å². The zero-order chi connectivity index (χ0) is 20.8. The molecule has 2 aliphatic heterocycles. The van der Waals surface area contributed by atoms with Gasteiger partial charge in [-0.25, -0.2) is 4.98 Å². The van der Waals surface area contributed by atoms with Gasteiger partial charge in [0.05, 0.1) is 6.54 Å². The minimum atomic E-state index is -0.0715. The molecule has 0 saturated carbocycles. The lowest BCUT2D eigenvalue weighted by atomic mass is 10.2. The molecule has 1 atom stereocenters. The Balaban J connectivity index is 0.00000272. The number of nitrogens with one attached hydrogen (secondary N) is 2. The minimum absolute atomic E-state index is 0. The Morgan fingerprint density at radius 3 is 2.65 bits per heavy atom. The van der Waals surface area contributed by atoms with E-state index in [0.29, 0.717) is 19.7 Å². The number of fused-ring (bicyclic) bond motifs is 1. The van der Waals surface area contributed by atoms with E-state index in [9.17, 15) is 0 Å². The lowest BCUT2D eigenvalue weighted by Gasteiger charge is -2.34. The summed E-state index contributed by atoms with van der Waals surface area (Å²) in [7, 11) is 3.93. The van der Waals surface area contributed by atoms with Gasteiger partial charge in [-0.2, -0.15) is 0 Å². The lowest BCUT2D eigenvalue weighted by molar-refractivity contribution is 0.0936. The molecule has 168 valence electrons. The van der Waals surface area contributed by atoms with E-state index in [4.69, 9.17) is 9.47 Å². The molecular weight excluding hydrogens is 507 g/mol. The molecule has 0 amide bonds. The van der Waals surface area contributed by atoms with E-state index in [-0.39, 0.29) is 30.1 Å². The van der Waals surface area contributed by atoms with Gasteiger partial charge in [0.15, 0.2) is 17.5 Å². The smallest absolute Gasteiger partial charge is 0.191 e. The van der Waals surface area contributed by atoms with Crippen molar-refractivity contribution >= 4 is 35.8 Å². The number of anilines is 1. The van der Waals surface area contributed by atoms with Gasteiger partial charge in [0.2, 0.25) is 0 Å². The molecule has 2 N–H and O–H groups in total. The summed E-state index contributed by atoms with van der Waals surface area (Å²) in [5.41, 5.74) is 1.16. The average Bonchev–Trinajstić information content (AvgIpc) is 2.80. The Bertz CT molecular complexity index is 873. The van der Waals surface area contributed by atoms with Crippen LogP contribution in [0.15, 0.2) is 47.6 Å². The summed E-state index contributed by atoms with van der Waals surface area (Å²) in [4.78, 5) is 13.7. The molecule has 8 nitrogen and oxygen atoms in total. The molecule has 0 bridgehead atoms. The summed E-state index contributed by atoms with van der Waals surface area (Å²) in [6.45, 7) is 5.87. The maximum Gasteiger partial charge on any atom is 0.191 e. The number of ether oxygens (including phenoxy) is 2. The molecule has 2 aromatic rings. The molecule has 0 spiro atoms. The summed E-state index contributed by atoms with van der Waals surface area (Å²) in [6, 6.07) is 11.8. The van der Waals surface area contributed by atoms with Crippen LogP contribution in [0.3, 0.4) is 0 Å². The van der Waals surface area contributed by atoms with Gasteiger partial charge < -0.3 is 29.9 Å². The minimum Gasteiger partial charge on any atom is -0.486 e. The van der Waals surface area contributed by atoms with E-state index in [1.54, 1.807) is 7.05 Å². The largest absolute Gasteiger partial charge is 0.486 e. The number of hydrogen-bond acceptors (Lipinski definition) is 6. The van der Waals surface area contributed by atoms with Crippen molar-refractivity contribution in [2.75, 3.05) is 58.3 Å². The highest BCUT2D eigenvalue weighted by Gasteiger charge is 2.21. The Morgan fingerprint density at radius 2 is 1.87 bits per heavy atom. The van der Waals surface area contributed by atoms with Crippen LogP contribution in [0.4, 0.5) is 5.82 Å². The zero-order valence-corrected chi connectivity index (χ0v) is 20.4. The van der Waals surface area contributed by atoms with Crippen molar-refractivity contribution in [3.05, 3.63) is 48.2 Å². The van der Waals surface area contributed by atoms with Crippen molar-refractivity contribution in [1.29, 1.82) is 0 Å². The number of hydrogen-bond donors (Lipinski definition) is 2. The van der Waals surface area contributed by atoms with E-state index < -0.39 is 0 Å². The highest BCUT2D eigenvalue weighted by atomic mass is 127. The highest BCUT2D eigenvalue weighted by Crippen LogP contribution is 2.30. The predicted molar refractivity (Wildman–Crippen MR) is 134 cm³/mol. The Morgan fingerprint density at radius 1 is 1.10 bits per heavy atom. The van der Waals surface area contributed by atoms with Crippen molar-refractivity contribution in [2.24, 2.45) is 4.99 Å². The molecule has 1 fully saturated rings. The second-order valence-corrected chi connectivity index (χ2v) is 7.58. The van der Waals surface area contributed by atoms with E-state index >= 15 is 0 Å². The van der Waals surface area contributed by atoms with Crippen LogP contribution in [-0.2, 0) is 6.54 Å². The first kappa shape index (κ1) is 23.4. The number of benzene rings is 1. The first-order valence-electron chi connectivity index (χ1n) is 10.4. The van der Waals surface area contributed by atoms with Gasteiger partial charge in [0.25, 0.3) is 0 Å². The molecular formula is C22H31IN6O2. The van der Waals surface area contributed by atoms with Gasteiger partial charge in [-0.1, -0.05) is 18.2 Å². The molecule has 1 unspecified atom stereocenters. The van der Waals surface area contributed by atoms with Gasteiger partial charge in [-0.15, -0.1) is 24.0 Å². The number of para-hydroxylation sites is 2. The fraction of sp³-hybridized carbons (Fsp3) is 0.455. The van der Waals surface area contributed by atoms with Crippen LogP contribution < -0.4 is 25.0 Å². The van der Waals surface area contributed by atoms with Crippen LogP contribution >= 0.6 is 24.0 Å². The number of rotatable bonds is 5. The Hall–Kier alpha value is -2.27. The molecule has 3 heterocycles. The average molecular weight is 538 g/mol. The van der Waals surface area contributed by atoms with Crippen LogP contribution in [0.1, 0.15) is 5.56 Å². The van der Waals surface area contributed by atoms with Crippen molar-refractivity contribution < 1.29 is 9.47 Å². The number of aromatic nitrogens is 1. The number of nitrogens with zero attached hydrogens (tertiary/aromatic N) is 4. The monoisotopic (exact) mass is 538 g/mol. The Labute approximate surface area is 201 Å². The Kier molecular flexibility index (Phi) is 8.59. The lowest BCUT2D eigenvalue weighted by Crippen LogP contribution is -2.46. The molecule has 1 aromatic heterocycles. The number of aliphatic imine (C=N–C) groups is 1. The topological polar surface area (TPSA) is 74.3 Å². The van der Waals surface area contributed by atoms with Crippen LogP contribution in [0.2, 0.25) is 0 Å². The third kappa shape index (κ3) is 6.13. The predicted octanol–water partition coefficient (Wildman–Crippen LogP) is 1.96. The van der Waals surface area contributed by atoms with Gasteiger partial charge >= 0.3 is 0 Å². The summed E-state index contributed by atoms with van der Waals surface area (Å²) >= 11 is 0. The molecule has 1 aromatic carbocycles.